The van der Waals surface area contributed by atoms with Gasteiger partial charge in [-0.15, -0.1) is 0 Å². The van der Waals surface area contributed by atoms with Crippen LogP contribution in [-0.4, -0.2) is 29.6 Å². The molecule has 0 aromatic heterocycles. The van der Waals surface area contributed by atoms with Crippen LogP contribution in [0.4, 0.5) is 13.2 Å². The lowest BCUT2D eigenvalue weighted by Gasteiger charge is -2.13. The maximum absolute atomic E-state index is 12.4. The smallest absolute Gasteiger partial charge is 0.416 e. The van der Waals surface area contributed by atoms with Gasteiger partial charge in [0.1, 0.15) is 5.75 Å². The predicted molar refractivity (Wildman–Crippen MR) is 73.8 cm³/mol. The van der Waals surface area contributed by atoms with E-state index in [1.165, 1.54) is 0 Å². The summed E-state index contributed by atoms with van der Waals surface area (Å²) in [6, 6.07) is 3.83. The molecular weight excluding hydrogens is 315 g/mol. The first kappa shape index (κ1) is 17.1. The molecule has 0 unspecified atom stereocenters. The zero-order valence-electron chi connectivity index (χ0n) is 12.1. The molecule has 0 bridgehead atoms. The Morgan fingerprint density at radius 3 is 2.39 bits per heavy atom. The minimum atomic E-state index is -4.42. The normalized spacial score (nSPS) is 21.0. The maximum atomic E-state index is 12.4. The van der Waals surface area contributed by atoms with Gasteiger partial charge in [-0.1, -0.05) is 0 Å². The van der Waals surface area contributed by atoms with Gasteiger partial charge in [0.2, 0.25) is 0 Å². The summed E-state index contributed by atoms with van der Waals surface area (Å²) in [6.45, 7) is -0.334. The van der Waals surface area contributed by atoms with Crippen molar-refractivity contribution in [3.63, 3.8) is 0 Å². The van der Waals surface area contributed by atoms with E-state index < -0.39 is 29.5 Å². The van der Waals surface area contributed by atoms with Crippen molar-refractivity contribution in [1.82, 2.24) is 5.32 Å². The second-order valence-corrected chi connectivity index (χ2v) is 5.42. The number of hydrogen-bond donors (Lipinski definition) is 2. The molecule has 1 aromatic carbocycles. The monoisotopic (exact) mass is 331 g/mol. The van der Waals surface area contributed by atoms with E-state index in [4.69, 9.17) is 9.84 Å². The standard InChI is InChI=1S/C15H16F3NO4/c16-15(17,18)10-2-5-12(6-3-10)23-8-13(20)19-11-4-1-9(7-11)14(21)22/h2-3,5-6,9,11H,1,4,7-8H2,(H,19,20)(H,21,22)/t9-,11+/m1/s1. The summed E-state index contributed by atoms with van der Waals surface area (Å²) < 4.78 is 42.3. The average Bonchev–Trinajstić information content (AvgIpc) is 2.93. The third kappa shape index (κ3) is 4.87. The Morgan fingerprint density at radius 1 is 1.22 bits per heavy atom. The van der Waals surface area contributed by atoms with Gasteiger partial charge in [0, 0.05) is 6.04 Å². The lowest BCUT2D eigenvalue weighted by molar-refractivity contribution is -0.141. The predicted octanol–water partition coefficient (Wildman–Crippen LogP) is 2.45. The number of alkyl halides is 3. The molecule has 0 heterocycles. The van der Waals surface area contributed by atoms with E-state index in [1.807, 2.05) is 0 Å². The zero-order valence-corrected chi connectivity index (χ0v) is 12.1. The van der Waals surface area contributed by atoms with Crippen LogP contribution in [0, 0.1) is 5.92 Å². The van der Waals surface area contributed by atoms with Crippen molar-refractivity contribution in [3.05, 3.63) is 29.8 Å². The highest BCUT2D eigenvalue weighted by atomic mass is 19.4. The lowest BCUT2D eigenvalue weighted by atomic mass is 10.1. The molecule has 0 radical (unpaired) electrons. The second-order valence-electron chi connectivity index (χ2n) is 5.42. The fourth-order valence-electron chi connectivity index (χ4n) is 2.50. The SMILES string of the molecule is O=C(COc1ccc(C(F)(F)F)cc1)N[C@H]1CC[C@@H](C(=O)O)C1. The summed E-state index contributed by atoms with van der Waals surface area (Å²) in [6.07, 6.45) is -2.94. The number of carboxylic acids is 1. The molecule has 0 spiro atoms. The minimum Gasteiger partial charge on any atom is -0.484 e. The molecule has 2 atom stereocenters. The first-order valence-electron chi connectivity index (χ1n) is 7.08. The third-order valence-electron chi connectivity index (χ3n) is 3.70. The van der Waals surface area contributed by atoms with Crippen molar-refractivity contribution in [2.75, 3.05) is 6.61 Å². The molecule has 1 saturated carbocycles. The van der Waals surface area contributed by atoms with Crippen molar-refractivity contribution in [1.29, 1.82) is 0 Å². The Balaban J connectivity index is 1.77. The van der Waals surface area contributed by atoms with Gasteiger partial charge in [0.05, 0.1) is 11.5 Å². The van der Waals surface area contributed by atoms with Gasteiger partial charge in [0.25, 0.3) is 5.91 Å². The zero-order chi connectivity index (χ0) is 17.0. The van der Waals surface area contributed by atoms with E-state index in [-0.39, 0.29) is 18.4 Å². The highest BCUT2D eigenvalue weighted by Gasteiger charge is 2.31. The molecule has 1 aliphatic carbocycles. The number of amides is 1. The number of hydrogen-bond acceptors (Lipinski definition) is 3. The number of aliphatic carboxylic acids is 1. The molecular formula is C15H16F3NO4. The molecule has 8 heteroatoms. The van der Waals surface area contributed by atoms with Crippen LogP contribution in [0.25, 0.3) is 0 Å². The summed E-state index contributed by atoms with van der Waals surface area (Å²) in [5.41, 5.74) is -0.792. The Kier molecular flexibility index (Phi) is 5.12. The van der Waals surface area contributed by atoms with Gasteiger partial charge >= 0.3 is 12.1 Å². The van der Waals surface area contributed by atoms with Crippen LogP contribution in [0.3, 0.4) is 0 Å². The summed E-state index contributed by atoms with van der Waals surface area (Å²) in [5, 5.41) is 11.5. The van der Waals surface area contributed by atoms with Crippen molar-refractivity contribution in [2.45, 2.75) is 31.5 Å². The van der Waals surface area contributed by atoms with Crippen LogP contribution in [-0.2, 0) is 15.8 Å². The van der Waals surface area contributed by atoms with Crippen molar-refractivity contribution in [3.8, 4) is 5.75 Å². The van der Waals surface area contributed by atoms with Crippen LogP contribution >= 0.6 is 0 Å². The number of carbonyl (C=O) groups excluding carboxylic acids is 1. The van der Waals surface area contributed by atoms with Crippen molar-refractivity contribution >= 4 is 11.9 Å². The highest BCUT2D eigenvalue weighted by molar-refractivity contribution is 5.78. The summed E-state index contributed by atoms with van der Waals surface area (Å²) in [7, 11) is 0. The first-order chi connectivity index (χ1) is 10.8. The molecule has 2 rings (SSSR count). The molecule has 0 saturated heterocycles. The lowest BCUT2D eigenvalue weighted by Crippen LogP contribution is -2.36. The molecule has 23 heavy (non-hydrogen) atoms. The van der Waals surface area contributed by atoms with Crippen LogP contribution in [0.1, 0.15) is 24.8 Å². The molecule has 1 amide bonds. The van der Waals surface area contributed by atoms with Crippen molar-refractivity contribution in [2.24, 2.45) is 5.92 Å². The van der Waals surface area contributed by atoms with Crippen LogP contribution < -0.4 is 10.1 Å². The highest BCUT2D eigenvalue weighted by Crippen LogP contribution is 2.30. The quantitative estimate of drug-likeness (QED) is 0.869. The Hall–Kier alpha value is -2.25. The molecule has 0 aliphatic heterocycles. The number of carboxylic acid groups (broad SMARTS) is 1. The summed E-state index contributed by atoms with van der Waals surface area (Å²) in [4.78, 5) is 22.5. The van der Waals surface area contributed by atoms with E-state index >= 15 is 0 Å². The van der Waals surface area contributed by atoms with Gasteiger partial charge in [-0.3, -0.25) is 9.59 Å². The minimum absolute atomic E-state index is 0.156. The Bertz CT molecular complexity index is 571. The Labute approximate surface area is 130 Å². The van der Waals surface area contributed by atoms with Gasteiger partial charge < -0.3 is 15.2 Å². The van der Waals surface area contributed by atoms with E-state index in [9.17, 15) is 22.8 Å². The number of rotatable bonds is 5. The van der Waals surface area contributed by atoms with E-state index in [0.29, 0.717) is 19.3 Å². The number of nitrogens with one attached hydrogen (secondary N) is 1. The van der Waals surface area contributed by atoms with E-state index in [1.54, 1.807) is 0 Å². The van der Waals surface area contributed by atoms with Gasteiger partial charge in [-0.2, -0.15) is 13.2 Å². The van der Waals surface area contributed by atoms with Crippen LogP contribution in [0.5, 0.6) is 5.75 Å². The molecule has 5 nitrogen and oxygen atoms in total. The second kappa shape index (κ2) is 6.89. The molecule has 1 fully saturated rings. The van der Waals surface area contributed by atoms with Gasteiger partial charge in [-0.25, -0.2) is 0 Å². The number of ether oxygens (including phenoxy) is 1. The first-order valence-corrected chi connectivity index (χ1v) is 7.08. The average molecular weight is 331 g/mol. The molecule has 1 aromatic rings. The van der Waals surface area contributed by atoms with Gasteiger partial charge in [-0.05, 0) is 43.5 Å². The molecule has 1 aliphatic rings. The van der Waals surface area contributed by atoms with Crippen molar-refractivity contribution < 1.29 is 32.6 Å². The van der Waals surface area contributed by atoms with Gasteiger partial charge in [0.15, 0.2) is 6.61 Å². The topological polar surface area (TPSA) is 75.6 Å². The van der Waals surface area contributed by atoms with E-state index in [2.05, 4.69) is 5.32 Å². The number of halogens is 3. The van der Waals surface area contributed by atoms with Crippen LogP contribution in [0.15, 0.2) is 24.3 Å². The fourth-order valence-corrected chi connectivity index (χ4v) is 2.50. The number of carbonyl (C=O) groups is 2. The number of benzene rings is 1. The van der Waals surface area contributed by atoms with Crippen LogP contribution in [0.2, 0.25) is 0 Å². The van der Waals surface area contributed by atoms with E-state index in [0.717, 1.165) is 24.3 Å². The largest absolute Gasteiger partial charge is 0.484 e. The maximum Gasteiger partial charge on any atom is 0.416 e. The fraction of sp³-hybridized carbons (Fsp3) is 0.467. The molecule has 126 valence electrons. The summed E-state index contributed by atoms with van der Waals surface area (Å²) in [5.74, 6) is -1.59. The Morgan fingerprint density at radius 2 is 1.87 bits per heavy atom. The molecule has 2 N–H and O–H groups in total. The summed E-state index contributed by atoms with van der Waals surface area (Å²) >= 11 is 0. The third-order valence-corrected chi connectivity index (χ3v) is 3.70.